The van der Waals surface area contributed by atoms with Crippen LogP contribution < -0.4 is 9.47 Å². The summed E-state index contributed by atoms with van der Waals surface area (Å²) >= 11 is 0. The van der Waals surface area contributed by atoms with Gasteiger partial charge in [-0.15, -0.1) is 0 Å². The molecule has 3 aromatic rings. The molecule has 42 heavy (non-hydrogen) atoms. The third-order valence-corrected chi connectivity index (χ3v) is 10.2. The third kappa shape index (κ3) is 5.50. The van der Waals surface area contributed by atoms with Crippen LogP contribution in [0.4, 0.5) is 0 Å². The van der Waals surface area contributed by atoms with Gasteiger partial charge in [0.05, 0.1) is 19.6 Å². The lowest BCUT2D eigenvalue weighted by Crippen LogP contribution is -2.57. The average Bonchev–Trinajstić information content (AvgIpc) is 3.39. The summed E-state index contributed by atoms with van der Waals surface area (Å²) in [5.74, 6) is 3.54. The van der Waals surface area contributed by atoms with Crippen LogP contribution in [0.5, 0.6) is 11.5 Å². The number of methoxy groups -OCH3 is 2. The van der Waals surface area contributed by atoms with Crippen LogP contribution in [0.2, 0.25) is 0 Å². The number of H-pyrrole nitrogens is 1. The molecule has 0 unspecified atom stereocenters. The minimum absolute atomic E-state index is 0.0172. The van der Waals surface area contributed by atoms with Crippen LogP contribution >= 0.6 is 0 Å². The zero-order chi connectivity index (χ0) is 29.4. The number of fused-ring (bicyclic) bond motifs is 1. The van der Waals surface area contributed by atoms with Crippen LogP contribution in [-0.2, 0) is 22.6 Å². The average molecular weight is 572 g/mol. The van der Waals surface area contributed by atoms with Crippen molar-refractivity contribution in [1.29, 1.82) is 0 Å². The predicted molar refractivity (Wildman–Crippen MR) is 164 cm³/mol. The van der Waals surface area contributed by atoms with Crippen LogP contribution in [0.3, 0.4) is 0 Å². The van der Waals surface area contributed by atoms with Crippen LogP contribution in [0.1, 0.15) is 63.5 Å². The maximum atomic E-state index is 14.3. The number of nitrogens with one attached hydrogen (secondary N) is 1. The van der Waals surface area contributed by atoms with Crippen LogP contribution in [0, 0.1) is 23.2 Å². The Labute approximate surface area is 249 Å². The first kappa shape index (κ1) is 28.6. The van der Waals surface area contributed by atoms with Gasteiger partial charge in [0.1, 0.15) is 6.54 Å². The molecule has 2 aromatic carbocycles. The number of nitrogens with zero attached hydrogens (tertiary/aromatic N) is 2. The molecule has 4 fully saturated rings. The first-order chi connectivity index (χ1) is 20.3. The molecule has 7 rings (SSSR count). The molecule has 7 nitrogen and oxygen atoms in total. The van der Waals surface area contributed by atoms with E-state index >= 15 is 0 Å². The Bertz CT molecular complexity index is 1410. The van der Waals surface area contributed by atoms with Crippen molar-refractivity contribution in [2.75, 3.05) is 27.3 Å². The quantitative estimate of drug-likeness (QED) is 0.297. The highest BCUT2D eigenvalue weighted by atomic mass is 16.5. The molecule has 4 saturated carbocycles. The van der Waals surface area contributed by atoms with E-state index in [0.717, 1.165) is 30.3 Å². The number of amides is 2. The van der Waals surface area contributed by atoms with E-state index in [1.807, 2.05) is 46.3 Å². The monoisotopic (exact) mass is 571 g/mol. The van der Waals surface area contributed by atoms with Gasteiger partial charge in [-0.05, 0) is 106 Å². The summed E-state index contributed by atoms with van der Waals surface area (Å²) in [5, 5.41) is 1.18. The zero-order valence-electron chi connectivity index (χ0n) is 25.5. The number of para-hydroxylation sites is 1. The molecule has 1 heterocycles. The maximum Gasteiger partial charge on any atom is 0.242 e. The Kier molecular flexibility index (Phi) is 7.95. The summed E-state index contributed by atoms with van der Waals surface area (Å²) in [6, 6.07) is 14.0. The van der Waals surface area contributed by atoms with Gasteiger partial charge in [0.25, 0.3) is 0 Å². The van der Waals surface area contributed by atoms with Gasteiger partial charge in [0, 0.05) is 36.2 Å². The van der Waals surface area contributed by atoms with Crippen LogP contribution in [-0.4, -0.2) is 59.9 Å². The van der Waals surface area contributed by atoms with Crippen molar-refractivity contribution in [1.82, 2.24) is 14.8 Å². The number of aromatic amines is 1. The summed E-state index contributed by atoms with van der Waals surface area (Å²) in [6.07, 6.45) is 9.65. The lowest BCUT2D eigenvalue weighted by atomic mass is 9.49. The molecule has 0 atom stereocenters. The topological polar surface area (TPSA) is 74.9 Å². The van der Waals surface area contributed by atoms with Crippen molar-refractivity contribution >= 4 is 22.7 Å². The second-order valence-electron chi connectivity index (χ2n) is 13.3. The molecular weight excluding hydrogens is 526 g/mol. The summed E-state index contributed by atoms with van der Waals surface area (Å²) in [5.41, 5.74) is 2.97. The molecule has 1 aromatic heterocycles. The predicted octanol–water partition coefficient (Wildman–Crippen LogP) is 6.21. The second-order valence-corrected chi connectivity index (χ2v) is 13.3. The van der Waals surface area contributed by atoms with Gasteiger partial charge in [-0.25, -0.2) is 0 Å². The van der Waals surface area contributed by atoms with Crippen molar-refractivity contribution < 1.29 is 19.1 Å². The van der Waals surface area contributed by atoms with E-state index in [9.17, 15) is 9.59 Å². The number of hydrogen-bond donors (Lipinski definition) is 1. The highest BCUT2D eigenvalue weighted by Gasteiger charge is 2.56. The Morgan fingerprint density at radius 3 is 2.26 bits per heavy atom. The second kappa shape index (κ2) is 11.7. The molecule has 0 aliphatic heterocycles. The van der Waals surface area contributed by atoms with E-state index in [2.05, 4.69) is 31.0 Å². The molecule has 0 radical (unpaired) electrons. The molecule has 4 aliphatic carbocycles. The smallest absolute Gasteiger partial charge is 0.242 e. The van der Waals surface area contributed by atoms with Crippen molar-refractivity contribution in [2.45, 2.75) is 71.4 Å². The van der Waals surface area contributed by atoms with E-state index in [0.29, 0.717) is 48.8 Å². The summed E-state index contributed by atoms with van der Waals surface area (Å²) in [7, 11) is 3.24. The summed E-state index contributed by atoms with van der Waals surface area (Å²) in [6.45, 7) is 5.19. The van der Waals surface area contributed by atoms with E-state index in [4.69, 9.17) is 9.47 Å². The minimum atomic E-state index is -0.266. The first-order valence-electron chi connectivity index (χ1n) is 15.6. The van der Waals surface area contributed by atoms with Gasteiger partial charge in [-0.3, -0.25) is 9.59 Å². The van der Waals surface area contributed by atoms with E-state index in [-0.39, 0.29) is 29.8 Å². The number of rotatable bonds is 11. The fourth-order valence-electron chi connectivity index (χ4n) is 8.50. The molecule has 4 bridgehead atoms. The van der Waals surface area contributed by atoms with E-state index in [1.54, 1.807) is 14.2 Å². The SMILES string of the molecule is COc1ccc(CN(CCc2c[nH]c3ccccc23)C(=O)CN(C(=O)C23CC4CC(CC(C4)C2)C3)C(C)C)cc1OC. The largest absolute Gasteiger partial charge is 0.493 e. The highest BCUT2D eigenvalue weighted by molar-refractivity contribution is 5.89. The minimum Gasteiger partial charge on any atom is -0.493 e. The molecular formula is C35H45N3O4. The molecule has 0 spiro atoms. The zero-order valence-corrected chi connectivity index (χ0v) is 25.5. The molecule has 0 saturated heterocycles. The number of carbonyl (C=O) groups excluding carboxylic acids is 2. The van der Waals surface area contributed by atoms with Gasteiger partial charge in [0.2, 0.25) is 11.8 Å². The number of hydrogen-bond acceptors (Lipinski definition) is 4. The van der Waals surface area contributed by atoms with Crippen molar-refractivity contribution in [3.63, 3.8) is 0 Å². The first-order valence-corrected chi connectivity index (χ1v) is 15.6. The number of benzene rings is 2. The third-order valence-electron chi connectivity index (χ3n) is 10.2. The summed E-state index contributed by atoms with van der Waals surface area (Å²) < 4.78 is 11.0. The van der Waals surface area contributed by atoms with Crippen LogP contribution in [0.15, 0.2) is 48.7 Å². The van der Waals surface area contributed by atoms with Gasteiger partial charge in [-0.2, -0.15) is 0 Å². The van der Waals surface area contributed by atoms with Crippen LogP contribution in [0.25, 0.3) is 10.9 Å². The molecule has 1 N–H and O–H groups in total. The Hall–Kier alpha value is -3.48. The van der Waals surface area contributed by atoms with Gasteiger partial charge >= 0.3 is 0 Å². The lowest BCUT2D eigenvalue weighted by Gasteiger charge is -2.57. The fraction of sp³-hybridized carbons (Fsp3) is 0.543. The maximum absolute atomic E-state index is 14.3. The normalized spacial score (nSPS) is 24.3. The number of carbonyl (C=O) groups is 2. The fourth-order valence-corrected chi connectivity index (χ4v) is 8.50. The van der Waals surface area contributed by atoms with Gasteiger partial charge in [0.15, 0.2) is 11.5 Å². The Balaban J connectivity index is 1.23. The Morgan fingerprint density at radius 1 is 0.952 bits per heavy atom. The molecule has 224 valence electrons. The summed E-state index contributed by atoms with van der Waals surface area (Å²) in [4.78, 5) is 35.6. The lowest BCUT2D eigenvalue weighted by molar-refractivity contribution is -0.162. The molecule has 7 heteroatoms. The van der Waals surface area contributed by atoms with E-state index < -0.39 is 0 Å². The highest BCUT2D eigenvalue weighted by Crippen LogP contribution is 2.60. The van der Waals surface area contributed by atoms with Crippen molar-refractivity contribution in [3.05, 3.63) is 59.8 Å². The van der Waals surface area contributed by atoms with Crippen molar-refractivity contribution in [3.8, 4) is 11.5 Å². The van der Waals surface area contributed by atoms with Gasteiger partial charge < -0.3 is 24.3 Å². The van der Waals surface area contributed by atoms with Gasteiger partial charge in [-0.1, -0.05) is 24.3 Å². The standard InChI is InChI=1S/C35H45N3O4/c1-23(2)38(34(40)35-17-25-13-26(18-35)15-27(14-25)19-35)22-33(39)37(21-24-9-10-31(41-3)32(16-24)42-4)12-11-28-20-36-30-8-6-5-7-29(28)30/h5-10,16,20,23,25-27,36H,11-15,17-19,21-22H2,1-4H3. The Morgan fingerprint density at radius 2 is 1.62 bits per heavy atom. The number of ether oxygens (including phenoxy) is 2. The number of aromatic nitrogens is 1. The van der Waals surface area contributed by atoms with E-state index in [1.165, 1.54) is 30.2 Å². The molecule has 4 aliphatic rings. The molecule has 2 amide bonds. The van der Waals surface area contributed by atoms with Crippen molar-refractivity contribution in [2.24, 2.45) is 23.2 Å².